The van der Waals surface area contributed by atoms with Crippen LogP contribution in [0.1, 0.15) is 44.5 Å². The van der Waals surface area contributed by atoms with Gasteiger partial charge >= 0.3 is 6.03 Å². The molecule has 13 heteroatoms. The van der Waals surface area contributed by atoms with Gasteiger partial charge in [-0.2, -0.15) is 0 Å². The Hall–Kier alpha value is -4.43. The van der Waals surface area contributed by atoms with Crippen LogP contribution in [0, 0.1) is 0 Å². The Kier molecular flexibility index (Phi) is 11.0. The predicted molar refractivity (Wildman–Crippen MR) is 185 cm³/mol. The van der Waals surface area contributed by atoms with E-state index in [1.165, 1.54) is 11.9 Å². The summed E-state index contributed by atoms with van der Waals surface area (Å²) in [7, 11) is 5.14. The normalized spacial score (nSPS) is 19.4. The van der Waals surface area contributed by atoms with Gasteiger partial charge in [0.15, 0.2) is 6.23 Å². The van der Waals surface area contributed by atoms with Crippen molar-refractivity contribution in [3.8, 4) is 11.5 Å². The number of carbonyl (C=O) groups is 1. The minimum Gasteiger partial charge on any atom is -0.497 e. The number of methoxy groups -OCH3 is 2. The van der Waals surface area contributed by atoms with Crippen LogP contribution in [-0.2, 0) is 16.7 Å². The number of hydrogen-bond acceptors (Lipinski definition) is 10. The third-order valence-electron chi connectivity index (χ3n) is 8.56. The van der Waals surface area contributed by atoms with E-state index < -0.39 is 24.5 Å². The zero-order valence-electron chi connectivity index (χ0n) is 28.4. The number of benzene rings is 2. The van der Waals surface area contributed by atoms with E-state index in [4.69, 9.17) is 14.2 Å². The molecule has 3 heterocycles. The molecule has 2 aromatic carbocycles. The first-order chi connectivity index (χ1) is 23.0. The Balaban J connectivity index is 1.12. The number of likely N-dealkylation sites (N-methyl/N-ethyl adjacent to an activating group) is 1. The zero-order chi connectivity index (χ0) is 34.4. The molecule has 2 amide bonds. The standard InChI is InChI=1S/C35H47N7O6/c1-35(2,3)23-9-11-24(12-10-23)40-34(45)36-15-7-16-41(4)20-28-29(43)30(44)33(48-28)42-17-14-26-31(38-21-39-32(26)42)37-19-22-8-13-25(46-5)18-27(22)47-6/h8-14,17-18,21,28-30,33,43-44H,7,15-16,19-20H2,1-6H3,(H2,36,40,45)(H,37,38,39)/t28-,29-,30-,33-/m1/s1. The summed E-state index contributed by atoms with van der Waals surface area (Å²) in [4.78, 5) is 23.3. The predicted octanol–water partition coefficient (Wildman–Crippen LogP) is 4.12. The molecular weight excluding hydrogens is 614 g/mol. The number of ether oxygens (including phenoxy) is 3. The number of urea groups is 1. The first-order valence-corrected chi connectivity index (χ1v) is 16.1. The second-order valence-corrected chi connectivity index (χ2v) is 13.1. The molecule has 1 fully saturated rings. The van der Waals surface area contributed by atoms with E-state index in [1.807, 2.05) is 60.5 Å². The molecular formula is C35H47N7O6. The molecule has 4 aromatic rings. The Morgan fingerprint density at radius 1 is 1.04 bits per heavy atom. The number of aliphatic hydroxyl groups is 2. The summed E-state index contributed by atoms with van der Waals surface area (Å²) in [5.74, 6) is 2.01. The third-order valence-corrected chi connectivity index (χ3v) is 8.56. The van der Waals surface area contributed by atoms with Crippen molar-refractivity contribution in [3.63, 3.8) is 0 Å². The molecule has 2 aromatic heterocycles. The lowest BCUT2D eigenvalue weighted by Crippen LogP contribution is -2.39. The Morgan fingerprint density at radius 3 is 2.52 bits per heavy atom. The molecule has 0 bridgehead atoms. The number of hydrogen-bond donors (Lipinski definition) is 5. The smallest absolute Gasteiger partial charge is 0.319 e. The van der Waals surface area contributed by atoms with Crippen molar-refractivity contribution in [2.75, 3.05) is 51.5 Å². The van der Waals surface area contributed by atoms with Crippen LogP contribution in [0.5, 0.6) is 11.5 Å². The molecule has 1 aliphatic rings. The highest BCUT2D eigenvalue weighted by atomic mass is 16.6. The van der Waals surface area contributed by atoms with Gasteiger partial charge in [0, 0.05) is 43.1 Å². The van der Waals surface area contributed by atoms with Gasteiger partial charge in [0.2, 0.25) is 0 Å². The average molecular weight is 662 g/mol. The number of anilines is 2. The topological polar surface area (TPSA) is 155 Å². The van der Waals surface area contributed by atoms with E-state index in [0.717, 1.165) is 16.6 Å². The van der Waals surface area contributed by atoms with E-state index in [0.29, 0.717) is 55.6 Å². The molecule has 4 atom stereocenters. The highest BCUT2D eigenvalue weighted by Crippen LogP contribution is 2.34. The number of fused-ring (bicyclic) bond motifs is 1. The van der Waals surface area contributed by atoms with Crippen molar-refractivity contribution in [2.45, 2.75) is 63.7 Å². The lowest BCUT2D eigenvalue weighted by atomic mass is 9.87. The first-order valence-electron chi connectivity index (χ1n) is 16.1. The maximum absolute atomic E-state index is 12.4. The fraction of sp³-hybridized carbons (Fsp3) is 0.457. The van der Waals surface area contributed by atoms with Gasteiger partial charge in [-0.15, -0.1) is 0 Å². The van der Waals surface area contributed by atoms with Crippen LogP contribution in [-0.4, -0.2) is 94.9 Å². The summed E-state index contributed by atoms with van der Waals surface area (Å²) < 4.78 is 18.7. The molecule has 5 rings (SSSR count). The van der Waals surface area contributed by atoms with Crippen molar-refractivity contribution >= 4 is 28.6 Å². The van der Waals surface area contributed by atoms with Crippen molar-refractivity contribution in [1.82, 2.24) is 24.8 Å². The molecule has 1 aliphatic heterocycles. The van der Waals surface area contributed by atoms with E-state index in [-0.39, 0.29) is 11.4 Å². The molecule has 13 nitrogen and oxygen atoms in total. The molecule has 5 N–H and O–H groups in total. The lowest BCUT2D eigenvalue weighted by molar-refractivity contribution is -0.0419. The van der Waals surface area contributed by atoms with Crippen molar-refractivity contribution in [2.24, 2.45) is 0 Å². The van der Waals surface area contributed by atoms with E-state index in [1.54, 1.807) is 25.0 Å². The number of rotatable bonds is 13. The van der Waals surface area contributed by atoms with E-state index >= 15 is 0 Å². The van der Waals surface area contributed by atoms with Gasteiger partial charge in [-0.05, 0) is 61.3 Å². The Bertz CT molecular complexity index is 1670. The van der Waals surface area contributed by atoms with Crippen LogP contribution in [0.25, 0.3) is 11.0 Å². The van der Waals surface area contributed by atoms with Crippen LogP contribution in [0.3, 0.4) is 0 Å². The third kappa shape index (κ3) is 8.16. The minimum absolute atomic E-state index is 0.0493. The molecule has 0 spiro atoms. The molecule has 0 saturated carbocycles. The number of nitrogens with zero attached hydrogens (tertiary/aromatic N) is 4. The van der Waals surface area contributed by atoms with Gasteiger partial charge in [0.05, 0.1) is 19.6 Å². The van der Waals surface area contributed by atoms with Gasteiger partial charge < -0.3 is 49.8 Å². The van der Waals surface area contributed by atoms with Gasteiger partial charge in [-0.1, -0.05) is 32.9 Å². The van der Waals surface area contributed by atoms with Crippen molar-refractivity contribution in [3.05, 3.63) is 72.2 Å². The average Bonchev–Trinajstić information content (AvgIpc) is 3.62. The summed E-state index contributed by atoms with van der Waals surface area (Å²) in [6, 6.07) is 15.1. The van der Waals surface area contributed by atoms with Crippen LogP contribution in [0.4, 0.5) is 16.3 Å². The maximum atomic E-state index is 12.4. The molecule has 48 heavy (non-hydrogen) atoms. The number of carbonyl (C=O) groups excluding carboxylic acids is 1. The summed E-state index contributed by atoms with van der Waals surface area (Å²) in [5.41, 5.74) is 3.48. The summed E-state index contributed by atoms with van der Waals surface area (Å²) >= 11 is 0. The fourth-order valence-electron chi connectivity index (χ4n) is 5.78. The van der Waals surface area contributed by atoms with E-state index in [9.17, 15) is 15.0 Å². The number of nitrogens with one attached hydrogen (secondary N) is 3. The highest BCUT2D eigenvalue weighted by Gasteiger charge is 2.44. The number of aliphatic hydroxyl groups excluding tert-OH is 2. The van der Waals surface area contributed by atoms with Crippen molar-refractivity contribution in [1.29, 1.82) is 0 Å². The van der Waals surface area contributed by atoms with Crippen LogP contribution in [0.15, 0.2) is 61.1 Å². The van der Waals surface area contributed by atoms with E-state index in [2.05, 4.69) is 46.7 Å². The van der Waals surface area contributed by atoms with Crippen LogP contribution >= 0.6 is 0 Å². The largest absolute Gasteiger partial charge is 0.497 e. The summed E-state index contributed by atoms with van der Waals surface area (Å²) in [5, 5.41) is 31.7. The summed E-state index contributed by atoms with van der Waals surface area (Å²) in [6.07, 6.45) is 0.221. The van der Waals surface area contributed by atoms with Gasteiger partial charge in [-0.25, -0.2) is 14.8 Å². The van der Waals surface area contributed by atoms with Gasteiger partial charge in [0.25, 0.3) is 0 Å². The van der Waals surface area contributed by atoms with Gasteiger partial charge in [-0.3, -0.25) is 0 Å². The van der Waals surface area contributed by atoms with Crippen molar-refractivity contribution < 1.29 is 29.2 Å². The van der Waals surface area contributed by atoms with Crippen LogP contribution in [0.2, 0.25) is 0 Å². The number of amides is 2. The molecule has 258 valence electrons. The van der Waals surface area contributed by atoms with Gasteiger partial charge in [0.1, 0.15) is 47.6 Å². The maximum Gasteiger partial charge on any atom is 0.319 e. The second kappa shape index (κ2) is 15.2. The molecule has 0 radical (unpaired) electrons. The molecule has 0 aliphatic carbocycles. The fourth-order valence-corrected chi connectivity index (χ4v) is 5.78. The Morgan fingerprint density at radius 2 is 1.81 bits per heavy atom. The number of aromatic nitrogens is 3. The highest BCUT2D eigenvalue weighted by molar-refractivity contribution is 5.89. The SMILES string of the molecule is COc1ccc(CNc2ncnc3c2ccn3[C@@H]2O[C@H](CN(C)CCCNC(=O)Nc3ccc(C(C)(C)C)cc3)[C@@H](O)[C@H]2O)c(OC)c1. The second-order valence-electron chi connectivity index (χ2n) is 13.1. The molecule has 1 saturated heterocycles. The molecule has 0 unspecified atom stereocenters. The summed E-state index contributed by atoms with van der Waals surface area (Å²) in [6.45, 7) is 8.43. The monoisotopic (exact) mass is 661 g/mol. The zero-order valence-corrected chi connectivity index (χ0v) is 28.4. The minimum atomic E-state index is -1.16. The first kappa shape index (κ1) is 34.9. The lowest BCUT2D eigenvalue weighted by Gasteiger charge is -2.23. The van der Waals surface area contributed by atoms with Crippen LogP contribution < -0.4 is 25.4 Å². The Labute approximate surface area is 281 Å². The quantitative estimate of drug-likeness (QED) is 0.132.